The van der Waals surface area contributed by atoms with Crippen molar-refractivity contribution in [3.8, 4) is 0 Å². The second-order valence-corrected chi connectivity index (χ2v) is 4.90. The summed E-state index contributed by atoms with van der Waals surface area (Å²) >= 11 is 5.68. The van der Waals surface area contributed by atoms with Crippen LogP contribution in [0.2, 0.25) is 0 Å². The molecule has 18 heavy (non-hydrogen) atoms. The number of aromatic nitrogens is 1. The summed E-state index contributed by atoms with van der Waals surface area (Å²) in [6, 6.07) is 9.73. The Morgan fingerprint density at radius 2 is 2.17 bits per heavy atom. The summed E-state index contributed by atoms with van der Waals surface area (Å²) in [5.74, 6) is 0. The monoisotopic (exact) mass is 263 g/mol. The standard InChI is InChI=1S/C14H14ClNO2/c15-14(17)12-9-10-5-1-2-6-11(10)16(12)13-7-3-4-8-18-13/h1-2,5-6,9,13H,3-4,7-8H2. The number of hydrogen-bond donors (Lipinski definition) is 0. The van der Waals surface area contributed by atoms with Crippen LogP contribution in [0.4, 0.5) is 0 Å². The Hall–Kier alpha value is -1.32. The third-order valence-electron chi connectivity index (χ3n) is 3.39. The molecule has 2 aromatic rings. The molecule has 94 valence electrons. The summed E-state index contributed by atoms with van der Waals surface area (Å²) in [6.07, 6.45) is 3.05. The van der Waals surface area contributed by atoms with Crippen LogP contribution >= 0.6 is 11.6 Å². The van der Waals surface area contributed by atoms with Gasteiger partial charge in [-0.3, -0.25) is 4.79 Å². The Morgan fingerprint density at radius 3 is 2.89 bits per heavy atom. The van der Waals surface area contributed by atoms with Gasteiger partial charge in [-0.2, -0.15) is 0 Å². The van der Waals surface area contributed by atoms with E-state index in [1.54, 1.807) is 0 Å². The molecule has 0 radical (unpaired) electrons. The molecule has 0 bridgehead atoms. The van der Waals surface area contributed by atoms with E-state index in [0.29, 0.717) is 5.69 Å². The van der Waals surface area contributed by atoms with Gasteiger partial charge in [0.25, 0.3) is 5.24 Å². The predicted octanol–water partition coefficient (Wildman–Crippen LogP) is 3.72. The fourth-order valence-corrected chi connectivity index (χ4v) is 2.71. The lowest BCUT2D eigenvalue weighted by Crippen LogP contribution is -2.20. The van der Waals surface area contributed by atoms with Gasteiger partial charge in [-0.25, -0.2) is 0 Å². The maximum Gasteiger partial charge on any atom is 0.268 e. The minimum absolute atomic E-state index is 0.0728. The van der Waals surface area contributed by atoms with Gasteiger partial charge in [-0.15, -0.1) is 0 Å². The molecule has 0 saturated carbocycles. The van der Waals surface area contributed by atoms with Crippen LogP contribution in [-0.4, -0.2) is 16.4 Å². The Bertz CT molecular complexity index is 584. The highest BCUT2D eigenvalue weighted by atomic mass is 35.5. The van der Waals surface area contributed by atoms with Gasteiger partial charge in [0.1, 0.15) is 11.9 Å². The van der Waals surface area contributed by atoms with Crippen molar-refractivity contribution in [2.45, 2.75) is 25.5 Å². The summed E-state index contributed by atoms with van der Waals surface area (Å²) in [6.45, 7) is 0.743. The van der Waals surface area contributed by atoms with E-state index < -0.39 is 5.24 Å². The zero-order valence-corrected chi connectivity index (χ0v) is 10.7. The lowest BCUT2D eigenvalue weighted by Gasteiger charge is -2.26. The van der Waals surface area contributed by atoms with Gasteiger partial charge in [0.15, 0.2) is 0 Å². The Labute approximate surface area is 110 Å². The van der Waals surface area contributed by atoms with Crippen molar-refractivity contribution in [2.24, 2.45) is 0 Å². The summed E-state index contributed by atoms with van der Waals surface area (Å²) in [7, 11) is 0. The molecule has 0 spiro atoms. The van der Waals surface area contributed by atoms with Crippen molar-refractivity contribution in [1.29, 1.82) is 0 Å². The molecule has 1 aliphatic rings. The molecule has 1 saturated heterocycles. The molecule has 0 N–H and O–H groups in total. The number of para-hydroxylation sites is 1. The molecule has 2 heterocycles. The fourth-order valence-electron chi connectivity index (χ4n) is 2.56. The molecule has 3 nitrogen and oxygen atoms in total. The average Bonchev–Trinajstić information content (AvgIpc) is 2.79. The van der Waals surface area contributed by atoms with Gasteiger partial charge in [0.05, 0.1) is 5.52 Å². The lowest BCUT2D eigenvalue weighted by molar-refractivity contribution is -0.0300. The van der Waals surface area contributed by atoms with Crippen LogP contribution in [0.1, 0.15) is 36.0 Å². The van der Waals surface area contributed by atoms with Crippen LogP contribution in [0, 0.1) is 0 Å². The first-order valence-corrected chi connectivity index (χ1v) is 6.56. The van der Waals surface area contributed by atoms with Crippen LogP contribution < -0.4 is 0 Å². The summed E-state index contributed by atoms with van der Waals surface area (Å²) in [5.41, 5.74) is 1.53. The van der Waals surface area contributed by atoms with E-state index in [2.05, 4.69) is 0 Å². The number of carbonyl (C=O) groups is 1. The molecule has 1 fully saturated rings. The topological polar surface area (TPSA) is 31.2 Å². The highest BCUT2D eigenvalue weighted by Gasteiger charge is 2.22. The van der Waals surface area contributed by atoms with E-state index in [1.807, 2.05) is 34.9 Å². The largest absolute Gasteiger partial charge is 0.358 e. The van der Waals surface area contributed by atoms with Crippen molar-refractivity contribution in [3.63, 3.8) is 0 Å². The molecular formula is C14H14ClNO2. The molecule has 1 atom stereocenters. The van der Waals surface area contributed by atoms with Crippen LogP contribution in [-0.2, 0) is 4.74 Å². The van der Waals surface area contributed by atoms with E-state index in [1.165, 1.54) is 0 Å². The highest BCUT2D eigenvalue weighted by Crippen LogP contribution is 2.30. The minimum atomic E-state index is -0.430. The lowest BCUT2D eigenvalue weighted by atomic mass is 10.2. The number of nitrogens with zero attached hydrogens (tertiary/aromatic N) is 1. The van der Waals surface area contributed by atoms with Gasteiger partial charge in [-0.05, 0) is 43.0 Å². The van der Waals surface area contributed by atoms with Crippen LogP contribution in [0.15, 0.2) is 30.3 Å². The zero-order valence-electron chi connectivity index (χ0n) is 9.93. The summed E-state index contributed by atoms with van der Waals surface area (Å²) in [5, 5.41) is 0.594. The van der Waals surface area contributed by atoms with Gasteiger partial charge >= 0.3 is 0 Å². The SMILES string of the molecule is O=C(Cl)c1cc2ccccc2n1C1CCCCO1. The number of benzene rings is 1. The van der Waals surface area contributed by atoms with Gasteiger partial charge in [0, 0.05) is 12.0 Å². The van der Waals surface area contributed by atoms with Gasteiger partial charge in [-0.1, -0.05) is 18.2 Å². The number of halogens is 1. The summed E-state index contributed by atoms with van der Waals surface area (Å²) < 4.78 is 7.71. The summed E-state index contributed by atoms with van der Waals surface area (Å²) in [4.78, 5) is 11.6. The first-order chi connectivity index (χ1) is 8.77. The fraction of sp³-hybridized carbons (Fsp3) is 0.357. The molecular weight excluding hydrogens is 250 g/mol. The predicted molar refractivity (Wildman–Crippen MR) is 71.0 cm³/mol. The van der Waals surface area contributed by atoms with Crippen LogP contribution in [0.3, 0.4) is 0 Å². The number of carbonyl (C=O) groups excluding carboxylic acids is 1. The average molecular weight is 264 g/mol. The van der Waals surface area contributed by atoms with Crippen LogP contribution in [0.5, 0.6) is 0 Å². The van der Waals surface area contributed by atoms with Crippen molar-refractivity contribution in [2.75, 3.05) is 6.61 Å². The molecule has 1 aliphatic heterocycles. The Kier molecular flexibility index (Phi) is 3.10. The third-order valence-corrected chi connectivity index (χ3v) is 3.59. The molecule has 0 aliphatic carbocycles. The molecule has 1 unspecified atom stereocenters. The first-order valence-electron chi connectivity index (χ1n) is 6.19. The number of hydrogen-bond acceptors (Lipinski definition) is 2. The maximum atomic E-state index is 11.6. The van der Waals surface area contributed by atoms with Gasteiger partial charge in [0.2, 0.25) is 0 Å². The van der Waals surface area contributed by atoms with E-state index in [0.717, 1.165) is 36.8 Å². The molecule has 1 aromatic heterocycles. The molecule has 0 amide bonds. The second kappa shape index (κ2) is 4.75. The van der Waals surface area contributed by atoms with E-state index >= 15 is 0 Å². The highest BCUT2D eigenvalue weighted by molar-refractivity contribution is 6.67. The van der Waals surface area contributed by atoms with Crippen molar-refractivity contribution in [3.05, 3.63) is 36.0 Å². The van der Waals surface area contributed by atoms with E-state index in [9.17, 15) is 4.79 Å². The molecule has 1 aromatic carbocycles. The second-order valence-electron chi connectivity index (χ2n) is 4.55. The smallest absolute Gasteiger partial charge is 0.268 e. The maximum absolute atomic E-state index is 11.6. The quantitative estimate of drug-likeness (QED) is 0.774. The normalized spacial score (nSPS) is 20.2. The van der Waals surface area contributed by atoms with E-state index in [-0.39, 0.29) is 6.23 Å². The van der Waals surface area contributed by atoms with E-state index in [4.69, 9.17) is 16.3 Å². The van der Waals surface area contributed by atoms with Crippen LogP contribution in [0.25, 0.3) is 10.9 Å². The first kappa shape index (κ1) is 11.8. The molecule has 4 heteroatoms. The Balaban J connectivity index is 2.17. The third kappa shape index (κ3) is 1.93. The number of rotatable bonds is 2. The van der Waals surface area contributed by atoms with Crippen molar-refractivity contribution >= 4 is 27.7 Å². The van der Waals surface area contributed by atoms with Crippen molar-refractivity contribution in [1.82, 2.24) is 4.57 Å². The number of fused-ring (bicyclic) bond motifs is 1. The number of ether oxygens (including phenoxy) is 1. The molecule has 3 rings (SSSR count). The minimum Gasteiger partial charge on any atom is -0.358 e. The van der Waals surface area contributed by atoms with Crippen molar-refractivity contribution < 1.29 is 9.53 Å². The zero-order chi connectivity index (χ0) is 12.5. The van der Waals surface area contributed by atoms with Gasteiger partial charge < -0.3 is 9.30 Å². The Morgan fingerprint density at radius 1 is 1.33 bits per heavy atom.